The molecule has 0 spiro atoms. The normalized spacial score (nSPS) is 21.5. The summed E-state index contributed by atoms with van der Waals surface area (Å²) in [7, 11) is 1.94. The fourth-order valence-electron chi connectivity index (χ4n) is 4.98. The van der Waals surface area contributed by atoms with Crippen molar-refractivity contribution in [3.05, 3.63) is 35.4 Å². The number of anilines is 2. The number of aromatic nitrogens is 3. The van der Waals surface area contributed by atoms with E-state index in [2.05, 4.69) is 15.4 Å². The Balaban J connectivity index is 0.00000193. The van der Waals surface area contributed by atoms with E-state index in [1.807, 2.05) is 38.8 Å². The minimum Gasteiger partial charge on any atom is -0.361 e. The van der Waals surface area contributed by atoms with Crippen LogP contribution in [0.15, 0.2) is 18.3 Å². The second-order valence-corrected chi connectivity index (χ2v) is 9.19. The molecule has 1 amide bonds. The van der Waals surface area contributed by atoms with Crippen LogP contribution in [0.4, 0.5) is 24.5 Å². The number of halogens is 3. The topological polar surface area (TPSA) is 63.1 Å². The molecule has 0 aromatic carbocycles. The van der Waals surface area contributed by atoms with Crippen molar-refractivity contribution < 1.29 is 18.0 Å². The fraction of sp³-hybridized carbons (Fsp3) is 0.640. The number of alkyl halides is 3. The lowest BCUT2D eigenvalue weighted by Gasteiger charge is -2.39. The lowest BCUT2D eigenvalue weighted by molar-refractivity contribution is -0.144. The summed E-state index contributed by atoms with van der Waals surface area (Å²) in [6.45, 7) is 6.24. The molecule has 4 rings (SSSR count). The van der Waals surface area contributed by atoms with Gasteiger partial charge in [-0.15, -0.1) is 0 Å². The van der Waals surface area contributed by atoms with Crippen LogP contribution in [-0.2, 0) is 23.9 Å². The maximum absolute atomic E-state index is 13.0. The van der Waals surface area contributed by atoms with E-state index in [9.17, 15) is 18.0 Å². The number of nitrogens with one attached hydrogen (secondary N) is 1. The van der Waals surface area contributed by atoms with Gasteiger partial charge >= 0.3 is 6.18 Å². The Kier molecular flexibility index (Phi) is 9.34. The molecule has 6 nitrogen and oxygen atoms in total. The summed E-state index contributed by atoms with van der Waals surface area (Å²) in [6.07, 6.45) is -0.672. The summed E-state index contributed by atoms with van der Waals surface area (Å²) < 4.78 is 40.2. The van der Waals surface area contributed by atoms with Crippen LogP contribution in [0.2, 0.25) is 0 Å². The van der Waals surface area contributed by atoms with E-state index in [1.54, 1.807) is 0 Å². The number of rotatable bonds is 5. The average Bonchev–Trinajstić information content (AvgIpc) is 3.09. The van der Waals surface area contributed by atoms with Gasteiger partial charge in [0.05, 0.1) is 17.1 Å². The highest BCUT2D eigenvalue weighted by atomic mass is 19.4. The zero-order valence-electron chi connectivity index (χ0n) is 18.2. The van der Waals surface area contributed by atoms with Gasteiger partial charge in [-0.3, -0.25) is 14.5 Å². The highest BCUT2D eigenvalue weighted by molar-refractivity contribution is 6.04. The fourth-order valence-corrected chi connectivity index (χ4v) is 4.98. The van der Waals surface area contributed by atoms with Gasteiger partial charge in [0.15, 0.2) is 0 Å². The monoisotopic (exact) mass is 483 g/mol. The molecule has 1 aliphatic heterocycles. The van der Waals surface area contributed by atoms with Crippen LogP contribution in [0.3, 0.4) is 0 Å². The summed E-state index contributed by atoms with van der Waals surface area (Å²) in [6, 6.07) is 2.84. The molecule has 1 fully saturated rings. The second-order valence-electron chi connectivity index (χ2n) is 9.19. The minimum absolute atomic E-state index is 0. The molecular formula is C25H40F3N5O. The van der Waals surface area contributed by atoms with Crippen LogP contribution in [0.25, 0.3) is 0 Å². The zero-order chi connectivity index (χ0) is 22.5. The highest BCUT2D eigenvalue weighted by Crippen LogP contribution is 2.40. The molecule has 0 radical (unpaired) electrons. The van der Waals surface area contributed by atoms with E-state index >= 15 is 0 Å². The van der Waals surface area contributed by atoms with Gasteiger partial charge in [-0.1, -0.05) is 36.1 Å². The highest BCUT2D eigenvalue weighted by Gasteiger charge is 2.38. The first-order valence-electron chi connectivity index (χ1n) is 10.7. The van der Waals surface area contributed by atoms with E-state index in [4.69, 9.17) is 0 Å². The number of carbonyl (C=O) groups is 1. The number of hydrogen-bond acceptors (Lipinski definition) is 4. The lowest BCUT2D eigenvalue weighted by atomic mass is 9.72. The molecule has 192 valence electrons. The van der Waals surface area contributed by atoms with Crippen molar-refractivity contribution in [3.63, 3.8) is 0 Å². The molecule has 0 bridgehead atoms. The van der Waals surface area contributed by atoms with Gasteiger partial charge in [0.2, 0.25) is 5.91 Å². The number of nitrogens with zero attached hydrogens (tertiary/aromatic N) is 4. The predicted octanol–water partition coefficient (Wildman–Crippen LogP) is 6.20. The van der Waals surface area contributed by atoms with Crippen molar-refractivity contribution in [2.45, 2.75) is 81.1 Å². The molecule has 34 heavy (non-hydrogen) atoms. The summed E-state index contributed by atoms with van der Waals surface area (Å²) in [5.74, 6) is 0.744. The smallest absolute Gasteiger partial charge is 0.361 e. The quantitative estimate of drug-likeness (QED) is 0.550. The van der Waals surface area contributed by atoms with Crippen LogP contribution in [0.1, 0.15) is 66.1 Å². The largest absolute Gasteiger partial charge is 0.433 e. The van der Waals surface area contributed by atoms with E-state index in [0.29, 0.717) is 12.5 Å². The molecule has 2 aromatic rings. The van der Waals surface area contributed by atoms with E-state index in [1.165, 1.54) is 6.20 Å². The number of aryl methyl sites for hydroxylation is 1. The summed E-state index contributed by atoms with van der Waals surface area (Å²) in [5, 5.41) is 6.86. The summed E-state index contributed by atoms with van der Waals surface area (Å²) >= 11 is 0. The van der Waals surface area contributed by atoms with Gasteiger partial charge < -0.3 is 10.2 Å². The predicted molar refractivity (Wildman–Crippen MR) is 132 cm³/mol. The Morgan fingerprint density at radius 3 is 2.41 bits per heavy atom. The average molecular weight is 484 g/mol. The zero-order valence-corrected chi connectivity index (χ0v) is 18.2. The Hall–Kier alpha value is -2.58. The molecule has 1 N–H and O–H groups in total. The number of hydrogen-bond donors (Lipinski definition) is 1. The SMILES string of the molecule is C.C.C.Cc1nc(CC2CC(Cn3nccc3C(F)(F)F)C2)cc2c1NC(=O)[C@H](C(C)C)N2C. The lowest BCUT2D eigenvalue weighted by Crippen LogP contribution is -2.49. The maximum atomic E-state index is 13.0. The van der Waals surface area contributed by atoms with E-state index in [-0.39, 0.29) is 46.1 Å². The van der Waals surface area contributed by atoms with Crippen molar-refractivity contribution in [2.24, 2.45) is 17.8 Å². The molecule has 1 aliphatic carbocycles. The number of fused-ring (bicyclic) bond motifs is 1. The van der Waals surface area contributed by atoms with Crippen LogP contribution < -0.4 is 10.2 Å². The Bertz CT molecular complexity index is 979. The maximum Gasteiger partial charge on any atom is 0.433 e. The van der Waals surface area contributed by atoms with Gasteiger partial charge in [-0.25, -0.2) is 0 Å². The van der Waals surface area contributed by atoms with Crippen LogP contribution in [-0.4, -0.2) is 33.8 Å². The standard InChI is InChI=1S/C22H28F3N5O.3CH4/c1-12(2)20-21(31)28-19-13(3)27-16(10-17(19)29(20)4)9-14-7-15(8-14)11-30-18(5-6-26-30)22(23,24)25;;;/h5-6,10,12,14-15,20H,7-9,11H2,1-4H3,(H,28,31);3*1H4/t14?,15?,20-;;;/m0.../s1. The number of likely N-dealkylation sites (N-methyl/N-ethyl adjacent to an activating group) is 1. The molecule has 0 unspecified atom stereocenters. The molecule has 2 aliphatic rings. The number of carbonyl (C=O) groups excluding carboxylic acids is 1. The Morgan fingerprint density at radius 1 is 1.18 bits per heavy atom. The summed E-state index contributed by atoms with van der Waals surface area (Å²) in [4.78, 5) is 19.2. The van der Waals surface area contributed by atoms with Crippen molar-refractivity contribution in [1.29, 1.82) is 0 Å². The molecular weight excluding hydrogens is 443 g/mol. The first-order valence-corrected chi connectivity index (χ1v) is 10.7. The Labute approximate surface area is 201 Å². The van der Waals surface area contributed by atoms with Crippen molar-refractivity contribution >= 4 is 17.3 Å². The van der Waals surface area contributed by atoms with Crippen LogP contribution in [0.5, 0.6) is 0 Å². The van der Waals surface area contributed by atoms with Gasteiger partial charge in [0.25, 0.3) is 0 Å². The molecule has 1 atom stereocenters. The third-order valence-corrected chi connectivity index (χ3v) is 6.45. The van der Waals surface area contributed by atoms with Gasteiger partial charge in [0, 0.05) is 25.5 Å². The van der Waals surface area contributed by atoms with Gasteiger partial charge in [0.1, 0.15) is 11.7 Å². The molecule has 1 saturated carbocycles. The number of amides is 1. The van der Waals surface area contributed by atoms with Crippen molar-refractivity contribution in [3.8, 4) is 0 Å². The van der Waals surface area contributed by atoms with Gasteiger partial charge in [-0.05, 0) is 56.1 Å². The van der Waals surface area contributed by atoms with Crippen molar-refractivity contribution in [1.82, 2.24) is 14.8 Å². The third kappa shape index (κ3) is 5.55. The molecule has 9 heteroatoms. The molecule has 0 saturated heterocycles. The van der Waals surface area contributed by atoms with Crippen LogP contribution >= 0.6 is 0 Å². The Morgan fingerprint density at radius 2 is 1.82 bits per heavy atom. The van der Waals surface area contributed by atoms with Crippen LogP contribution in [0, 0.1) is 24.7 Å². The number of pyridine rings is 1. The van der Waals surface area contributed by atoms with Crippen molar-refractivity contribution in [2.75, 3.05) is 17.3 Å². The van der Waals surface area contributed by atoms with Gasteiger partial charge in [-0.2, -0.15) is 18.3 Å². The first-order chi connectivity index (χ1) is 14.5. The van der Waals surface area contributed by atoms with E-state index < -0.39 is 11.9 Å². The molecule has 2 aromatic heterocycles. The van der Waals surface area contributed by atoms with E-state index in [0.717, 1.165) is 52.8 Å². The third-order valence-electron chi connectivity index (χ3n) is 6.45. The first kappa shape index (κ1) is 29.5. The second kappa shape index (κ2) is 10.8. The summed E-state index contributed by atoms with van der Waals surface area (Å²) in [5.41, 5.74) is 2.80. The minimum atomic E-state index is -4.38. The molecule has 3 heterocycles.